The monoisotopic (exact) mass is 346 g/mol. The van der Waals surface area contributed by atoms with E-state index in [1.165, 1.54) is 5.01 Å². The minimum atomic E-state index is -0.373. The van der Waals surface area contributed by atoms with Crippen molar-refractivity contribution in [1.29, 1.82) is 0 Å². The van der Waals surface area contributed by atoms with Crippen LogP contribution in [-0.2, 0) is 17.8 Å². The summed E-state index contributed by atoms with van der Waals surface area (Å²) in [5.74, 6) is 0.282. The van der Waals surface area contributed by atoms with E-state index in [9.17, 15) is 4.79 Å². The molecule has 0 spiro atoms. The normalized spacial score (nSPS) is 17.4. The van der Waals surface area contributed by atoms with E-state index in [1.54, 1.807) is 11.3 Å². The van der Waals surface area contributed by atoms with E-state index in [-0.39, 0.29) is 30.3 Å². The van der Waals surface area contributed by atoms with Crippen molar-refractivity contribution in [1.82, 2.24) is 14.8 Å². The van der Waals surface area contributed by atoms with Crippen molar-refractivity contribution in [3.8, 4) is 0 Å². The van der Waals surface area contributed by atoms with E-state index >= 15 is 0 Å². The summed E-state index contributed by atoms with van der Waals surface area (Å²) < 4.78 is 0. The predicted molar refractivity (Wildman–Crippen MR) is 93.4 cm³/mol. The Morgan fingerprint density at radius 3 is 2.50 bits per heavy atom. The third-order valence-electron chi connectivity index (χ3n) is 3.97. The number of hydrogen-bond acceptors (Lipinski definition) is 5. The van der Waals surface area contributed by atoms with Crippen LogP contribution < -0.4 is 5.73 Å². The van der Waals surface area contributed by atoms with E-state index in [0.29, 0.717) is 0 Å². The highest BCUT2D eigenvalue weighted by Crippen LogP contribution is 2.14. The van der Waals surface area contributed by atoms with Crippen molar-refractivity contribution in [3.05, 3.63) is 16.1 Å². The smallest absolute Gasteiger partial charge is 0.239 e. The molecule has 1 atom stereocenters. The molecule has 126 valence electrons. The van der Waals surface area contributed by atoms with Gasteiger partial charge in [0.1, 0.15) is 0 Å². The van der Waals surface area contributed by atoms with Gasteiger partial charge in [-0.05, 0) is 12.3 Å². The van der Waals surface area contributed by atoms with Crippen LogP contribution in [0.4, 0.5) is 0 Å². The molecule has 7 heteroatoms. The third kappa shape index (κ3) is 4.91. The highest BCUT2D eigenvalue weighted by Gasteiger charge is 2.26. The first-order valence-electron chi connectivity index (χ1n) is 7.71. The van der Waals surface area contributed by atoms with Crippen molar-refractivity contribution in [2.24, 2.45) is 11.7 Å². The van der Waals surface area contributed by atoms with Gasteiger partial charge in [-0.1, -0.05) is 20.8 Å². The molecule has 0 radical (unpaired) electrons. The summed E-state index contributed by atoms with van der Waals surface area (Å²) in [7, 11) is 0. The number of piperazine rings is 1. The van der Waals surface area contributed by atoms with Crippen LogP contribution in [0, 0.1) is 5.92 Å². The van der Waals surface area contributed by atoms with Gasteiger partial charge in [0.2, 0.25) is 5.91 Å². The number of halogens is 1. The molecule has 1 aliphatic rings. The minimum Gasteiger partial charge on any atom is -0.339 e. The van der Waals surface area contributed by atoms with Gasteiger partial charge < -0.3 is 10.6 Å². The topological polar surface area (TPSA) is 62.5 Å². The van der Waals surface area contributed by atoms with Gasteiger partial charge in [-0.15, -0.1) is 23.7 Å². The Morgan fingerprint density at radius 1 is 1.36 bits per heavy atom. The van der Waals surface area contributed by atoms with Gasteiger partial charge in [0.25, 0.3) is 0 Å². The largest absolute Gasteiger partial charge is 0.339 e. The summed E-state index contributed by atoms with van der Waals surface area (Å²) >= 11 is 1.73. The van der Waals surface area contributed by atoms with Gasteiger partial charge in [0.05, 0.1) is 16.7 Å². The SMILES string of the molecule is CCc1nc(CN2CCN(C(=O)[C@@H](N)C(C)C)CC2)cs1.Cl. The number of carbonyl (C=O) groups excluding carboxylic acids is 1. The Kier molecular flexibility index (Phi) is 7.76. The number of hydrogen-bond donors (Lipinski definition) is 1. The number of carbonyl (C=O) groups is 1. The van der Waals surface area contributed by atoms with Crippen LogP contribution in [0.15, 0.2) is 5.38 Å². The van der Waals surface area contributed by atoms with Gasteiger partial charge in [0, 0.05) is 38.1 Å². The zero-order chi connectivity index (χ0) is 15.4. The Bertz CT molecular complexity index is 472. The molecular weight excluding hydrogens is 320 g/mol. The average molecular weight is 347 g/mol. The molecule has 1 aromatic rings. The molecule has 22 heavy (non-hydrogen) atoms. The Balaban J connectivity index is 0.00000242. The lowest BCUT2D eigenvalue weighted by Gasteiger charge is -2.36. The fraction of sp³-hybridized carbons (Fsp3) is 0.733. The highest BCUT2D eigenvalue weighted by molar-refractivity contribution is 7.09. The summed E-state index contributed by atoms with van der Waals surface area (Å²) in [6, 6.07) is -0.373. The molecule has 1 fully saturated rings. The van der Waals surface area contributed by atoms with Crippen molar-refractivity contribution in [2.45, 2.75) is 39.8 Å². The molecule has 1 saturated heterocycles. The second kappa shape index (κ2) is 8.82. The maximum absolute atomic E-state index is 12.2. The number of nitrogens with two attached hydrogens (primary N) is 1. The van der Waals surface area contributed by atoms with E-state index in [2.05, 4.69) is 22.2 Å². The zero-order valence-corrected chi connectivity index (χ0v) is 15.3. The first-order chi connectivity index (χ1) is 10.0. The Morgan fingerprint density at radius 2 is 2.00 bits per heavy atom. The molecule has 2 N–H and O–H groups in total. The van der Waals surface area contributed by atoms with Gasteiger partial charge in [0.15, 0.2) is 0 Å². The predicted octanol–water partition coefficient (Wildman–Crippen LogP) is 1.75. The standard InChI is InChI=1S/C15H26N4OS.ClH/c1-4-13-17-12(10-21-13)9-18-5-7-19(8-6-18)15(20)14(16)11(2)3;/h10-11,14H,4-9,16H2,1-3H3;1H/t14-;/m0./s1. The summed E-state index contributed by atoms with van der Waals surface area (Å²) in [5.41, 5.74) is 7.10. The van der Waals surface area contributed by atoms with Gasteiger partial charge in [-0.25, -0.2) is 4.98 Å². The summed E-state index contributed by atoms with van der Waals surface area (Å²) in [5, 5.41) is 3.34. The molecule has 2 heterocycles. The third-order valence-corrected chi connectivity index (χ3v) is 5.02. The number of aromatic nitrogens is 1. The van der Waals surface area contributed by atoms with Gasteiger partial charge >= 0.3 is 0 Å². The van der Waals surface area contributed by atoms with Crippen LogP contribution in [0.1, 0.15) is 31.5 Å². The number of thiazole rings is 1. The number of nitrogens with zero attached hydrogens (tertiary/aromatic N) is 3. The molecule has 0 bridgehead atoms. The molecule has 0 aliphatic carbocycles. The van der Waals surface area contributed by atoms with Crippen molar-refractivity contribution >= 4 is 29.7 Å². The molecule has 1 aromatic heterocycles. The fourth-order valence-corrected chi connectivity index (χ4v) is 3.17. The summed E-state index contributed by atoms with van der Waals surface area (Å²) in [6.45, 7) is 10.3. The molecule has 5 nitrogen and oxygen atoms in total. The second-order valence-corrected chi connectivity index (χ2v) is 6.90. The molecule has 1 amide bonds. The number of aryl methyl sites for hydroxylation is 1. The average Bonchev–Trinajstić information content (AvgIpc) is 2.94. The number of amides is 1. The lowest BCUT2D eigenvalue weighted by Crippen LogP contribution is -2.54. The Hall–Kier alpha value is -0.690. The van der Waals surface area contributed by atoms with Gasteiger partial charge in [-0.2, -0.15) is 0 Å². The van der Waals surface area contributed by atoms with Crippen molar-refractivity contribution in [3.63, 3.8) is 0 Å². The molecular formula is C15H27ClN4OS. The van der Waals surface area contributed by atoms with Crippen LogP contribution in [0.2, 0.25) is 0 Å². The number of rotatable bonds is 5. The first kappa shape index (κ1) is 19.4. The van der Waals surface area contributed by atoms with Crippen LogP contribution in [0.25, 0.3) is 0 Å². The fourth-order valence-electron chi connectivity index (χ4n) is 2.44. The van der Waals surface area contributed by atoms with Crippen molar-refractivity contribution in [2.75, 3.05) is 26.2 Å². The summed E-state index contributed by atoms with van der Waals surface area (Å²) in [6.07, 6.45) is 1.00. The van der Waals surface area contributed by atoms with E-state index < -0.39 is 0 Å². The van der Waals surface area contributed by atoms with Crippen LogP contribution >= 0.6 is 23.7 Å². The molecule has 0 saturated carbocycles. The quantitative estimate of drug-likeness (QED) is 0.882. The highest BCUT2D eigenvalue weighted by atomic mass is 35.5. The zero-order valence-electron chi connectivity index (χ0n) is 13.6. The van der Waals surface area contributed by atoms with E-state index in [1.807, 2.05) is 18.7 Å². The second-order valence-electron chi connectivity index (χ2n) is 5.96. The lowest BCUT2D eigenvalue weighted by atomic mass is 10.0. The molecule has 2 rings (SSSR count). The van der Waals surface area contributed by atoms with E-state index in [0.717, 1.165) is 44.8 Å². The van der Waals surface area contributed by atoms with E-state index in [4.69, 9.17) is 5.73 Å². The molecule has 0 aromatic carbocycles. The Labute approximate surface area is 143 Å². The van der Waals surface area contributed by atoms with Crippen molar-refractivity contribution < 1.29 is 4.79 Å². The van der Waals surface area contributed by atoms with Crippen LogP contribution in [0.3, 0.4) is 0 Å². The first-order valence-corrected chi connectivity index (χ1v) is 8.59. The maximum Gasteiger partial charge on any atom is 0.239 e. The van der Waals surface area contributed by atoms with Gasteiger partial charge in [-0.3, -0.25) is 9.69 Å². The van der Waals surface area contributed by atoms with Crippen LogP contribution in [-0.4, -0.2) is 52.9 Å². The lowest BCUT2D eigenvalue weighted by molar-refractivity contribution is -0.135. The molecule has 0 unspecified atom stereocenters. The molecule has 1 aliphatic heterocycles. The summed E-state index contributed by atoms with van der Waals surface area (Å²) in [4.78, 5) is 21.1. The van der Waals surface area contributed by atoms with Crippen LogP contribution in [0.5, 0.6) is 0 Å². The minimum absolute atomic E-state index is 0. The maximum atomic E-state index is 12.2.